The molecule has 0 unspecified atom stereocenters. The van der Waals surface area contributed by atoms with E-state index in [1.165, 1.54) is 22.3 Å². The number of aryl methyl sites for hydroxylation is 3. The second-order valence-corrected chi connectivity index (χ2v) is 3.40. The molecule has 0 aliphatic rings. The quantitative estimate of drug-likeness (QED) is 0.779. The first-order chi connectivity index (χ1) is 5.65. The van der Waals surface area contributed by atoms with E-state index in [0.717, 1.165) is 13.0 Å². The Bertz CT molecular complexity index is 282. The predicted octanol–water partition coefficient (Wildman–Crippen LogP) is 2.53. The van der Waals surface area contributed by atoms with Gasteiger partial charge in [0.1, 0.15) is 0 Å². The molecule has 74 valence electrons. The number of hydrogen-bond acceptors (Lipinski definition) is 1. The number of halogens is 1. The summed E-state index contributed by atoms with van der Waals surface area (Å²) in [6.45, 7) is 7.18. The molecule has 1 aromatic rings. The van der Waals surface area contributed by atoms with Crippen molar-refractivity contribution in [3.05, 3.63) is 34.4 Å². The highest BCUT2D eigenvalue weighted by Crippen LogP contribution is 2.15. The van der Waals surface area contributed by atoms with Crippen molar-refractivity contribution in [3.63, 3.8) is 0 Å². The largest absolute Gasteiger partial charge is 0.330 e. The standard InChI is InChI=1S/C11H17N.ClH/c1-8-6-10(3)11(4-5-12)7-9(8)2;/h6-7H,4-5,12H2,1-3H3;1H. The van der Waals surface area contributed by atoms with Crippen LogP contribution in [0.5, 0.6) is 0 Å². The van der Waals surface area contributed by atoms with Crippen molar-refractivity contribution in [2.45, 2.75) is 27.2 Å². The monoisotopic (exact) mass is 199 g/mol. The molecule has 0 amide bonds. The minimum atomic E-state index is 0. The lowest BCUT2D eigenvalue weighted by Crippen LogP contribution is -2.04. The van der Waals surface area contributed by atoms with Gasteiger partial charge < -0.3 is 5.73 Å². The van der Waals surface area contributed by atoms with Gasteiger partial charge in [-0.3, -0.25) is 0 Å². The molecule has 1 rings (SSSR count). The van der Waals surface area contributed by atoms with E-state index in [2.05, 4.69) is 32.9 Å². The molecule has 0 aromatic heterocycles. The molecule has 0 radical (unpaired) electrons. The summed E-state index contributed by atoms with van der Waals surface area (Å²) in [5, 5.41) is 0. The van der Waals surface area contributed by atoms with Gasteiger partial charge in [-0.15, -0.1) is 12.4 Å². The minimum Gasteiger partial charge on any atom is -0.330 e. The van der Waals surface area contributed by atoms with Crippen LogP contribution in [0.1, 0.15) is 22.3 Å². The van der Waals surface area contributed by atoms with Crippen molar-refractivity contribution >= 4 is 12.4 Å². The molecule has 0 fully saturated rings. The summed E-state index contributed by atoms with van der Waals surface area (Å²) in [4.78, 5) is 0. The zero-order valence-electron chi connectivity index (χ0n) is 8.55. The van der Waals surface area contributed by atoms with E-state index in [-0.39, 0.29) is 12.4 Å². The molecule has 0 saturated carbocycles. The van der Waals surface area contributed by atoms with Gasteiger partial charge >= 0.3 is 0 Å². The van der Waals surface area contributed by atoms with Gasteiger partial charge in [0, 0.05) is 0 Å². The van der Waals surface area contributed by atoms with Crippen molar-refractivity contribution in [1.29, 1.82) is 0 Å². The Balaban J connectivity index is 0.00000144. The van der Waals surface area contributed by atoms with Gasteiger partial charge in [-0.25, -0.2) is 0 Å². The van der Waals surface area contributed by atoms with Crippen molar-refractivity contribution in [2.24, 2.45) is 5.73 Å². The summed E-state index contributed by atoms with van der Waals surface area (Å²) in [6.07, 6.45) is 0.993. The average molecular weight is 200 g/mol. The number of benzene rings is 1. The molecular weight excluding hydrogens is 182 g/mol. The third-order valence-corrected chi connectivity index (χ3v) is 2.37. The van der Waals surface area contributed by atoms with Crippen LogP contribution in [0, 0.1) is 20.8 Å². The Morgan fingerprint density at radius 1 is 1.00 bits per heavy atom. The zero-order valence-corrected chi connectivity index (χ0v) is 9.37. The maximum Gasteiger partial charge on any atom is -0.00366 e. The molecule has 2 N–H and O–H groups in total. The number of hydrogen-bond donors (Lipinski definition) is 1. The Morgan fingerprint density at radius 2 is 1.54 bits per heavy atom. The van der Waals surface area contributed by atoms with E-state index in [4.69, 9.17) is 5.73 Å². The maximum atomic E-state index is 5.52. The fourth-order valence-corrected chi connectivity index (χ4v) is 1.45. The first-order valence-corrected chi connectivity index (χ1v) is 4.42. The van der Waals surface area contributed by atoms with Crippen LogP contribution in [-0.2, 0) is 6.42 Å². The summed E-state index contributed by atoms with van der Waals surface area (Å²) in [5.74, 6) is 0. The van der Waals surface area contributed by atoms with Crippen LogP contribution in [-0.4, -0.2) is 6.54 Å². The Labute approximate surface area is 86.7 Å². The van der Waals surface area contributed by atoms with Gasteiger partial charge in [-0.2, -0.15) is 0 Å². The third-order valence-electron chi connectivity index (χ3n) is 2.37. The van der Waals surface area contributed by atoms with E-state index in [1.54, 1.807) is 0 Å². The first-order valence-electron chi connectivity index (χ1n) is 4.42. The number of rotatable bonds is 2. The molecule has 0 saturated heterocycles. The fourth-order valence-electron chi connectivity index (χ4n) is 1.45. The van der Waals surface area contributed by atoms with Crippen LogP contribution in [0.25, 0.3) is 0 Å². The summed E-state index contributed by atoms with van der Waals surface area (Å²) < 4.78 is 0. The summed E-state index contributed by atoms with van der Waals surface area (Å²) >= 11 is 0. The highest BCUT2D eigenvalue weighted by molar-refractivity contribution is 5.85. The maximum absolute atomic E-state index is 5.52. The third kappa shape index (κ3) is 3.02. The van der Waals surface area contributed by atoms with Crippen LogP contribution < -0.4 is 5.73 Å². The summed E-state index contributed by atoms with van der Waals surface area (Å²) in [7, 11) is 0. The van der Waals surface area contributed by atoms with Gasteiger partial charge in [0.25, 0.3) is 0 Å². The lowest BCUT2D eigenvalue weighted by Gasteiger charge is -2.08. The molecule has 1 nitrogen and oxygen atoms in total. The van der Waals surface area contributed by atoms with Crippen LogP contribution in [0.4, 0.5) is 0 Å². The normalized spacial score (nSPS) is 9.54. The lowest BCUT2D eigenvalue weighted by molar-refractivity contribution is 0.953. The molecule has 0 bridgehead atoms. The van der Waals surface area contributed by atoms with Gasteiger partial charge in [0.15, 0.2) is 0 Å². The zero-order chi connectivity index (χ0) is 9.14. The topological polar surface area (TPSA) is 26.0 Å². The Hall–Kier alpha value is -0.530. The van der Waals surface area contributed by atoms with Gasteiger partial charge in [0.05, 0.1) is 0 Å². The van der Waals surface area contributed by atoms with Crippen LogP contribution in [0.2, 0.25) is 0 Å². The van der Waals surface area contributed by atoms with E-state index in [1.807, 2.05) is 0 Å². The van der Waals surface area contributed by atoms with E-state index in [0.29, 0.717) is 0 Å². The van der Waals surface area contributed by atoms with Crippen molar-refractivity contribution in [1.82, 2.24) is 0 Å². The molecule has 13 heavy (non-hydrogen) atoms. The SMILES string of the molecule is Cc1cc(C)c(CCN)cc1C.Cl. The van der Waals surface area contributed by atoms with Crippen LogP contribution in [0.15, 0.2) is 12.1 Å². The lowest BCUT2D eigenvalue weighted by atomic mass is 9.99. The fraction of sp³-hybridized carbons (Fsp3) is 0.455. The van der Waals surface area contributed by atoms with Gasteiger partial charge in [-0.05, 0) is 56.0 Å². The molecule has 0 heterocycles. The second kappa shape index (κ2) is 5.25. The van der Waals surface area contributed by atoms with Crippen molar-refractivity contribution in [2.75, 3.05) is 6.54 Å². The van der Waals surface area contributed by atoms with Crippen LogP contribution >= 0.6 is 12.4 Å². The summed E-state index contributed by atoms with van der Waals surface area (Å²) in [6, 6.07) is 4.48. The average Bonchev–Trinajstić information content (AvgIpc) is 2.01. The van der Waals surface area contributed by atoms with E-state index in [9.17, 15) is 0 Å². The van der Waals surface area contributed by atoms with Gasteiger partial charge in [-0.1, -0.05) is 12.1 Å². The molecule has 0 aliphatic heterocycles. The summed E-state index contributed by atoms with van der Waals surface area (Å²) in [5.41, 5.74) is 11.0. The molecular formula is C11H18ClN. The van der Waals surface area contributed by atoms with E-state index >= 15 is 0 Å². The molecule has 0 spiro atoms. The predicted molar refractivity (Wildman–Crippen MR) is 60.7 cm³/mol. The molecule has 0 aliphatic carbocycles. The van der Waals surface area contributed by atoms with Gasteiger partial charge in [0.2, 0.25) is 0 Å². The molecule has 1 aromatic carbocycles. The van der Waals surface area contributed by atoms with Crippen LogP contribution in [0.3, 0.4) is 0 Å². The highest BCUT2D eigenvalue weighted by atomic mass is 35.5. The van der Waals surface area contributed by atoms with Crippen molar-refractivity contribution in [3.8, 4) is 0 Å². The Morgan fingerprint density at radius 3 is 2.08 bits per heavy atom. The Kier molecular flexibility index (Phi) is 5.04. The molecule has 2 heteroatoms. The second-order valence-electron chi connectivity index (χ2n) is 3.40. The first kappa shape index (κ1) is 12.5. The van der Waals surface area contributed by atoms with E-state index < -0.39 is 0 Å². The highest BCUT2D eigenvalue weighted by Gasteiger charge is 1.99. The number of nitrogens with two attached hydrogens (primary N) is 1. The smallest absolute Gasteiger partial charge is 0.00366 e. The minimum absolute atomic E-state index is 0. The van der Waals surface area contributed by atoms with Crippen molar-refractivity contribution < 1.29 is 0 Å². The molecule has 0 atom stereocenters.